The van der Waals surface area contributed by atoms with Gasteiger partial charge in [-0.1, -0.05) is 11.2 Å². The third kappa shape index (κ3) is 3.35. The van der Waals surface area contributed by atoms with E-state index >= 15 is 0 Å². The van der Waals surface area contributed by atoms with Crippen LogP contribution in [0.4, 0.5) is 4.39 Å². The van der Waals surface area contributed by atoms with Gasteiger partial charge in [0, 0.05) is 12.0 Å². The molecule has 0 aliphatic carbocycles. The van der Waals surface area contributed by atoms with Crippen LogP contribution in [0.25, 0.3) is 11.4 Å². The monoisotopic (exact) mass is 324 g/mol. The summed E-state index contributed by atoms with van der Waals surface area (Å²) >= 11 is 0. The van der Waals surface area contributed by atoms with E-state index in [2.05, 4.69) is 10.1 Å². The van der Waals surface area contributed by atoms with E-state index in [1.165, 1.54) is 12.1 Å². The first-order chi connectivity index (χ1) is 10.4. The van der Waals surface area contributed by atoms with Crippen LogP contribution in [0.2, 0.25) is 0 Å². The van der Waals surface area contributed by atoms with Crippen molar-refractivity contribution < 1.29 is 17.3 Å². The van der Waals surface area contributed by atoms with E-state index in [4.69, 9.17) is 4.52 Å². The van der Waals surface area contributed by atoms with Gasteiger partial charge in [0.1, 0.15) is 5.82 Å². The predicted molar refractivity (Wildman–Crippen MR) is 79.5 cm³/mol. The number of rotatable bonds is 3. The van der Waals surface area contributed by atoms with Gasteiger partial charge in [-0.05, 0) is 43.4 Å². The first-order valence-electron chi connectivity index (χ1n) is 7.22. The van der Waals surface area contributed by atoms with Crippen molar-refractivity contribution >= 4 is 9.84 Å². The number of halogens is 1. The van der Waals surface area contributed by atoms with Gasteiger partial charge in [0.15, 0.2) is 9.84 Å². The first-order valence-corrected chi connectivity index (χ1v) is 9.04. The Morgan fingerprint density at radius 2 is 2.23 bits per heavy atom. The molecule has 1 atom stereocenters. The van der Waals surface area contributed by atoms with Crippen LogP contribution in [-0.4, -0.2) is 30.1 Å². The largest absolute Gasteiger partial charge is 0.339 e. The topological polar surface area (TPSA) is 73.1 Å². The highest BCUT2D eigenvalue weighted by Crippen LogP contribution is 2.25. The van der Waals surface area contributed by atoms with Crippen LogP contribution in [0.1, 0.15) is 24.3 Å². The number of benzene rings is 1. The molecule has 3 rings (SSSR count). The molecule has 0 saturated carbocycles. The van der Waals surface area contributed by atoms with E-state index < -0.39 is 9.84 Å². The summed E-state index contributed by atoms with van der Waals surface area (Å²) in [5, 5.41) is 3.89. The molecule has 1 unspecified atom stereocenters. The summed E-state index contributed by atoms with van der Waals surface area (Å²) in [6.45, 7) is 1.85. The smallest absolute Gasteiger partial charge is 0.227 e. The van der Waals surface area contributed by atoms with E-state index in [-0.39, 0.29) is 23.2 Å². The van der Waals surface area contributed by atoms with Gasteiger partial charge in [-0.25, -0.2) is 12.8 Å². The highest BCUT2D eigenvalue weighted by Gasteiger charge is 2.26. The maximum Gasteiger partial charge on any atom is 0.227 e. The fraction of sp³-hybridized carbons (Fsp3) is 0.467. The van der Waals surface area contributed by atoms with Crippen LogP contribution >= 0.6 is 0 Å². The highest BCUT2D eigenvalue weighted by atomic mass is 32.2. The normalized spacial score (nSPS) is 20.9. The van der Waals surface area contributed by atoms with Crippen LogP contribution in [0.3, 0.4) is 0 Å². The molecule has 2 aromatic rings. The number of nitrogens with zero attached hydrogens (tertiary/aromatic N) is 2. The Hall–Kier alpha value is -1.76. The van der Waals surface area contributed by atoms with Gasteiger partial charge in [-0.3, -0.25) is 0 Å². The molecule has 0 N–H and O–H groups in total. The summed E-state index contributed by atoms with van der Waals surface area (Å²) in [6.07, 6.45) is 1.97. The van der Waals surface area contributed by atoms with E-state index in [9.17, 15) is 12.8 Å². The number of hydrogen-bond donors (Lipinski definition) is 0. The Morgan fingerprint density at radius 3 is 3.00 bits per heavy atom. The molecule has 1 aromatic carbocycles. The molecule has 2 heterocycles. The summed E-state index contributed by atoms with van der Waals surface area (Å²) in [4.78, 5) is 4.29. The first kappa shape index (κ1) is 15.1. The van der Waals surface area contributed by atoms with Crippen molar-refractivity contribution in [3.05, 3.63) is 35.5 Å². The van der Waals surface area contributed by atoms with Crippen molar-refractivity contribution in [2.24, 2.45) is 5.92 Å². The summed E-state index contributed by atoms with van der Waals surface area (Å²) in [7, 11) is -2.95. The minimum absolute atomic E-state index is 0.0145. The second kappa shape index (κ2) is 5.79. The number of sulfone groups is 1. The summed E-state index contributed by atoms with van der Waals surface area (Å²) < 4.78 is 41.9. The zero-order chi connectivity index (χ0) is 15.7. The van der Waals surface area contributed by atoms with Gasteiger partial charge < -0.3 is 4.52 Å². The maximum absolute atomic E-state index is 13.3. The lowest BCUT2D eigenvalue weighted by molar-refractivity contribution is 0.350. The molecule has 1 aromatic heterocycles. The minimum Gasteiger partial charge on any atom is -0.339 e. The Kier molecular flexibility index (Phi) is 3.99. The van der Waals surface area contributed by atoms with Crippen molar-refractivity contribution in [2.45, 2.75) is 26.2 Å². The Balaban J connectivity index is 1.78. The standard InChI is InChI=1S/C15H17FN2O3S/c1-10-4-5-12(16)8-13(10)15-17-14(21-18-15)7-11-3-2-6-22(19,20)9-11/h4-5,8,11H,2-3,6-7,9H2,1H3. The van der Waals surface area contributed by atoms with Gasteiger partial charge in [0.05, 0.1) is 11.5 Å². The Labute approximate surface area is 128 Å². The van der Waals surface area contributed by atoms with E-state index in [1.54, 1.807) is 6.07 Å². The molecule has 7 heteroatoms. The van der Waals surface area contributed by atoms with Gasteiger partial charge in [-0.15, -0.1) is 0 Å². The van der Waals surface area contributed by atoms with Gasteiger partial charge in [-0.2, -0.15) is 4.98 Å². The van der Waals surface area contributed by atoms with Crippen molar-refractivity contribution in [1.29, 1.82) is 0 Å². The third-order valence-corrected chi connectivity index (χ3v) is 5.82. The lowest BCUT2D eigenvalue weighted by Gasteiger charge is -2.19. The number of aryl methyl sites for hydroxylation is 1. The molecule has 0 radical (unpaired) electrons. The van der Waals surface area contributed by atoms with Crippen molar-refractivity contribution in [1.82, 2.24) is 10.1 Å². The van der Waals surface area contributed by atoms with Crippen LogP contribution < -0.4 is 0 Å². The molecule has 5 nitrogen and oxygen atoms in total. The quantitative estimate of drug-likeness (QED) is 0.867. The predicted octanol–water partition coefficient (Wildman–Crippen LogP) is 2.55. The van der Waals surface area contributed by atoms with Crippen LogP contribution in [0, 0.1) is 18.7 Å². The lowest BCUT2D eigenvalue weighted by Crippen LogP contribution is -2.26. The number of hydrogen-bond acceptors (Lipinski definition) is 5. The average Bonchev–Trinajstić information content (AvgIpc) is 2.88. The third-order valence-electron chi connectivity index (χ3n) is 3.93. The molecule has 1 aliphatic heterocycles. The highest BCUT2D eigenvalue weighted by molar-refractivity contribution is 7.91. The summed E-state index contributed by atoms with van der Waals surface area (Å²) in [5.74, 6) is 0.836. The zero-order valence-corrected chi connectivity index (χ0v) is 13.1. The molecular formula is C15H17FN2O3S. The minimum atomic E-state index is -2.95. The van der Waals surface area contributed by atoms with Crippen LogP contribution in [0.15, 0.2) is 22.7 Å². The van der Waals surface area contributed by atoms with E-state index in [0.29, 0.717) is 30.1 Å². The molecule has 118 valence electrons. The lowest BCUT2D eigenvalue weighted by atomic mass is 10.0. The van der Waals surface area contributed by atoms with Crippen molar-refractivity contribution in [3.63, 3.8) is 0 Å². The van der Waals surface area contributed by atoms with Gasteiger partial charge >= 0.3 is 0 Å². The molecule has 1 aliphatic rings. The van der Waals surface area contributed by atoms with Crippen LogP contribution in [-0.2, 0) is 16.3 Å². The molecule has 0 spiro atoms. The zero-order valence-electron chi connectivity index (χ0n) is 12.3. The molecular weight excluding hydrogens is 307 g/mol. The second-order valence-electron chi connectivity index (χ2n) is 5.80. The number of aromatic nitrogens is 2. The molecule has 1 fully saturated rings. The fourth-order valence-electron chi connectivity index (χ4n) is 2.81. The fourth-order valence-corrected chi connectivity index (χ4v) is 4.58. The second-order valence-corrected chi connectivity index (χ2v) is 8.03. The van der Waals surface area contributed by atoms with E-state index in [1.807, 2.05) is 6.92 Å². The SMILES string of the molecule is Cc1ccc(F)cc1-c1noc(CC2CCCS(=O)(=O)C2)n1. The Morgan fingerprint density at radius 1 is 1.41 bits per heavy atom. The van der Waals surface area contributed by atoms with Crippen molar-refractivity contribution in [2.75, 3.05) is 11.5 Å². The average molecular weight is 324 g/mol. The maximum atomic E-state index is 13.3. The summed E-state index contributed by atoms with van der Waals surface area (Å²) in [6, 6.07) is 4.41. The van der Waals surface area contributed by atoms with Crippen molar-refractivity contribution in [3.8, 4) is 11.4 Å². The molecule has 1 saturated heterocycles. The molecule has 22 heavy (non-hydrogen) atoms. The van der Waals surface area contributed by atoms with Crippen LogP contribution in [0.5, 0.6) is 0 Å². The molecule has 0 bridgehead atoms. The molecule has 0 amide bonds. The van der Waals surface area contributed by atoms with E-state index in [0.717, 1.165) is 12.0 Å². The Bertz CT molecular complexity index is 786. The van der Waals surface area contributed by atoms with Gasteiger partial charge in [0.25, 0.3) is 0 Å². The summed E-state index contributed by atoms with van der Waals surface area (Å²) in [5.41, 5.74) is 1.44. The van der Waals surface area contributed by atoms with Gasteiger partial charge in [0.2, 0.25) is 11.7 Å².